The van der Waals surface area contributed by atoms with E-state index in [1.54, 1.807) is 7.11 Å². The highest BCUT2D eigenvalue weighted by Crippen LogP contribution is 2.28. The van der Waals surface area contributed by atoms with Crippen molar-refractivity contribution in [1.29, 1.82) is 0 Å². The fourth-order valence-electron chi connectivity index (χ4n) is 4.15. The van der Waals surface area contributed by atoms with Gasteiger partial charge in [0, 0.05) is 39.3 Å². The number of benzene rings is 1. The van der Waals surface area contributed by atoms with Crippen molar-refractivity contribution in [2.24, 2.45) is 0 Å². The first-order valence-electron chi connectivity index (χ1n) is 11.4. The van der Waals surface area contributed by atoms with E-state index >= 15 is 0 Å². The minimum atomic E-state index is -0.534. The van der Waals surface area contributed by atoms with Gasteiger partial charge in [0.1, 0.15) is 12.7 Å². The molecule has 7 nitrogen and oxygen atoms in total. The number of hydrogen-bond acceptors (Lipinski definition) is 7. The molecule has 1 unspecified atom stereocenters. The molecule has 0 aromatic heterocycles. The lowest BCUT2D eigenvalue weighted by atomic mass is 10.2. The number of ether oxygens (including phenoxy) is 3. The van der Waals surface area contributed by atoms with Crippen LogP contribution in [0.15, 0.2) is 18.2 Å². The SMILES string of the molecule is CCN(CCN1CCCC1)Cc1ccc(OCC(O)CN2CCOCC2)c(OC)c1. The van der Waals surface area contributed by atoms with Gasteiger partial charge in [0.05, 0.1) is 20.3 Å². The van der Waals surface area contributed by atoms with E-state index in [4.69, 9.17) is 14.2 Å². The Morgan fingerprint density at radius 2 is 1.87 bits per heavy atom. The van der Waals surface area contributed by atoms with Crippen molar-refractivity contribution in [1.82, 2.24) is 14.7 Å². The van der Waals surface area contributed by atoms with E-state index in [0.29, 0.717) is 12.3 Å². The zero-order chi connectivity index (χ0) is 21.2. The molecular weight excluding hydrogens is 382 g/mol. The van der Waals surface area contributed by atoms with Crippen molar-refractivity contribution in [3.05, 3.63) is 23.8 Å². The summed E-state index contributed by atoms with van der Waals surface area (Å²) in [4.78, 5) is 7.24. The van der Waals surface area contributed by atoms with Gasteiger partial charge in [-0.1, -0.05) is 13.0 Å². The zero-order valence-electron chi connectivity index (χ0n) is 18.7. The second kappa shape index (κ2) is 12.5. The first kappa shape index (κ1) is 23.3. The molecule has 2 heterocycles. The Kier molecular flexibility index (Phi) is 9.68. The topological polar surface area (TPSA) is 57.6 Å². The van der Waals surface area contributed by atoms with Gasteiger partial charge in [-0.05, 0) is 50.2 Å². The van der Waals surface area contributed by atoms with Crippen LogP contribution in [0.25, 0.3) is 0 Å². The molecule has 2 aliphatic heterocycles. The third-order valence-corrected chi connectivity index (χ3v) is 6.02. The van der Waals surface area contributed by atoms with Gasteiger partial charge in [0.2, 0.25) is 0 Å². The Balaban J connectivity index is 1.47. The summed E-state index contributed by atoms with van der Waals surface area (Å²) in [5.74, 6) is 1.41. The zero-order valence-corrected chi connectivity index (χ0v) is 18.7. The van der Waals surface area contributed by atoms with Crippen molar-refractivity contribution < 1.29 is 19.3 Å². The molecular formula is C23H39N3O4. The van der Waals surface area contributed by atoms with Crippen molar-refractivity contribution in [3.63, 3.8) is 0 Å². The lowest BCUT2D eigenvalue weighted by molar-refractivity contribution is 0.00445. The molecule has 7 heteroatoms. The summed E-state index contributed by atoms with van der Waals surface area (Å²) in [6.45, 7) is 12.9. The molecule has 0 saturated carbocycles. The molecule has 2 fully saturated rings. The summed E-state index contributed by atoms with van der Waals surface area (Å²) in [6, 6.07) is 6.12. The van der Waals surface area contributed by atoms with Gasteiger partial charge in [-0.2, -0.15) is 0 Å². The van der Waals surface area contributed by atoms with E-state index in [1.807, 2.05) is 6.07 Å². The van der Waals surface area contributed by atoms with Crippen molar-refractivity contribution in [2.75, 3.05) is 79.3 Å². The number of morpholine rings is 1. The fraction of sp³-hybridized carbons (Fsp3) is 0.739. The van der Waals surface area contributed by atoms with E-state index in [2.05, 4.69) is 33.8 Å². The summed E-state index contributed by atoms with van der Waals surface area (Å²) in [6.07, 6.45) is 2.14. The first-order chi connectivity index (χ1) is 14.7. The van der Waals surface area contributed by atoms with Crippen LogP contribution in [0.2, 0.25) is 0 Å². The number of β-amino-alcohol motifs (C(OH)–C–C–N with tert-alkyl or cyclic N) is 1. The van der Waals surface area contributed by atoms with Crippen LogP contribution in [0, 0.1) is 0 Å². The molecule has 3 rings (SSSR count). The third kappa shape index (κ3) is 7.39. The molecule has 170 valence electrons. The summed E-state index contributed by atoms with van der Waals surface area (Å²) < 4.78 is 16.8. The number of methoxy groups -OCH3 is 1. The Morgan fingerprint density at radius 3 is 2.57 bits per heavy atom. The van der Waals surface area contributed by atoms with Crippen molar-refractivity contribution in [3.8, 4) is 11.5 Å². The largest absolute Gasteiger partial charge is 0.493 e. The number of likely N-dealkylation sites (N-methyl/N-ethyl adjacent to an activating group) is 1. The lowest BCUT2D eigenvalue weighted by Gasteiger charge is -2.28. The molecule has 1 atom stereocenters. The fourth-order valence-corrected chi connectivity index (χ4v) is 4.15. The van der Waals surface area contributed by atoms with Crippen LogP contribution in [0.1, 0.15) is 25.3 Å². The second-order valence-electron chi connectivity index (χ2n) is 8.28. The quantitative estimate of drug-likeness (QED) is 0.551. The second-order valence-corrected chi connectivity index (χ2v) is 8.28. The first-order valence-corrected chi connectivity index (χ1v) is 11.4. The maximum Gasteiger partial charge on any atom is 0.161 e. The molecule has 2 saturated heterocycles. The Morgan fingerprint density at radius 1 is 1.10 bits per heavy atom. The van der Waals surface area contributed by atoms with Crippen LogP contribution >= 0.6 is 0 Å². The number of aliphatic hydroxyl groups excluding tert-OH is 1. The number of likely N-dealkylation sites (tertiary alicyclic amines) is 1. The highest BCUT2D eigenvalue weighted by molar-refractivity contribution is 5.43. The number of rotatable bonds is 12. The third-order valence-electron chi connectivity index (χ3n) is 6.02. The predicted octanol–water partition coefficient (Wildman–Crippen LogP) is 1.68. The van der Waals surface area contributed by atoms with Gasteiger partial charge >= 0.3 is 0 Å². The average molecular weight is 422 g/mol. The van der Waals surface area contributed by atoms with Gasteiger partial charge in [-0.3, -0.25) is 9.80 Å². The van der Waals surface area contributed by atoms with Gasteiger partial charge in [-0.15, -0.1) is 0 Å². The number of nitrogens with zero attached hydrogens (tertiary/aromatic N) is 3. The average Bonchev–Trinajstić information content (AvgIpc) is 3.30. The van der Waals surface area contributed by atoms with Gasteiger partial charge in [-0.25, -0.2) is 0 Å². The molecule has 0 amide bonds. The van der Waals surface area contributed by atoms with Crippen LogP contribution < -0.4 is 9.47 Å². The summed E-state index contributed by atoms with van der Waals surface area (Å²) >= 11 is 0. The lowest BCUT2D eigenvalue weighted by Crippen LogP contribution is -2.42. The Labute approximate surface area is 181 Å². The van der Waals surface area contributed by atoms with Gasteiger partial charge in [0.25, 0.3) is 0 Å². The van der Waals surface area contributed by atoms with E-state index in [1.165, 1.54) is 31.5 Å². The summed E-state index contributed by atoms with van der Waals surface area (Å²) in [5.41, 5.74) is 1.22. The molecule has 1 aromatic rings. The van der Waals surface area contributed by atoms with Gasteiger partial charge < -0.3 is 24.2 Å². The molecule has 1 N–H and O–H groups in total. The summed E-state index contributed by atoms with van der Waals surface area (Å²) in [7, 11) is 1.67. The van der Waals surface area contributed by atoms with Crippen LogP contribution in [0.3, 0.4) is 0 Å². The van der Waals surface area contributed by atoms with Crippen LogP contribution in [0.4, 0.5) is 0 Å². The Hall–Kier alpha value is -1.38. The Bertz CT molecular complexity index is 618. The number of aliphatic hydroxyl groups is 1. The van der Waals surface area contributed by atoms with Crippen LogP contribution in [-0.4, -0.2) is 105 Å². The van der Waals surface area contributed by atoms with Crippen LogP contribution in [-0.2, 0) is 11.3 Å². The maximum absolute atomic E-state index is 10.3. The maximum atomic E-state index is 10.3. The van der Waals surface area contributed by atoms with Crippen molar-refractivity contribution >= 4 is 0 Å². The minimum Gasteiger partial charge on any atom is -0.493 e. The molecule has 0 spiro atoms. The highest BCUT2D eigenvalue weighted by atomic mass is 16.5. The highest BCUT2D eigenvalue weighted by Gasteiger charge is 2.17. The molecule has 2 aliphatic rings. The monoisotopic (exact) mass is 421 g/mol. The summed E-state index contributed by atoms with van der Waals surface area (Å²) in [5, 5.41) is 10.3. The molecule has 0 radical (unpaired) electrons. The van der Waals surface area contributed by atoms with E-state index in [9.17, 15) is 5.11 Å². The molecule has 0 aliphatic carbocycles. The number of hydrogen-bond donors (Lipinski definition) is 1. The molecule has 30 heavy (non-hydrogen) atoms. The molecule has 1 aromatic carbocycles. The molecule has 0 bridgehead atoms. The minimum absolute atomic E-state index is 0.254. The van der Waals surface area contributed by atoms with E-state index < -0.39 is 6.10 Å². The van der Waals surface area contributed by atoms with Crippen LogP contribution in [0.5, 0.6) is 11.5 Å². The predicted molar refractivity (Wildman–Crippen MR) is 118 cm³/mol. The smallest absolute Gasteiger partial charge is 0.161 e. The standard InChI is InChI=1S/C23H39N3O4/c1-3-24(10-11-25-8-4-5-9-25)17-20-6-7-22(23(16-20)28-2)30-19-21(27)18-26-12-14-29-15-13-26/h6-7,16,21,27H,3-5,8-15,17-19H2,1-2H3. The van der Waals surface area contributed by atoms with E-state index in [0.717, 1.165) is 58.2 Å². The van der Waals surface area contributed by atoms with Crippen molar-refractivity contribution in [2.45, 2.75) is 32.4 Å². The normalized spacial score (nSPS) is 19.3. The van der Waals surface area contributed by atoms with Gasteiger partial charge in [0.15, 0.2) is 11.5 Å². The van der Waals surface area contributed by atoms with E-state index in [-0.39, 0.29) is 6.61 Å².